The number of amides is 1. The molecule has 0 unspecified atom stereocenters. The van der Waals surface area contributed by atoms with Crippen LogP contribution >= 0.6 is 0 Å². The average molecular weight is 396 g/mol. The van der Waals surface area contributed by atoms with Crippen molar-refractivity contribution >= 4 is 5.91 Å². The van der Waals surface area contributed by atoms with Gasteiger partial charge in [0.05, 0.1) is 19.7 Å². The summed E-state index contributed by atoms with van der Waals surface area (Å²) in [5.41, 5.74) is 2.00. The van der Waals surface area contributed by atoms with E-state index in [1.165, 1.54) is 0 Å². The third-order valence-corrected chi connectivity index (χ3v) is 5.53. The summed E-state index contributed by atoms with van der Waals surface area (Å²) in [5, 5.41) is 0. The molecule has 0 radical (unpaired) electrons. The molecule has 1 saturated carbocycles. The Morgan fingerprint density at radius 3 is 2.62 bits per heavy atom. The molecular weight excluding hydrogens is 368 g/mol. The summed E-state index contributed by atoms with van der Waals surface area (Å²) in [7, 11) is 0. The zero-order chi connectivity index (χ0) is 20.4. The highest BCUT2D eigenvalue weighted by Gasteiger charge is 2.32. The van der Waals surface area contributed by atoms with Gasteiger partial charge in [-0.1, -0.05) is 18.2 Å². The summed E-state index contributed by atoms with van der Waals surface area (Å²) >= 11 is 0. The van der Waals surface area contributed by atoms with E-state index in [0.29, 0.717) is 44.3 Å². The lowest BCUT2D eigenvalue weighted by molar-refractivity contribution is -0.139. The van der Waals surface area contributed by atoms with Crippen LogP contribution in [0.4, 0.5) is 0 Å². The zero-order valence-electron chi connectivity index (χ0n) is 17.1. The molecular formula is C23H28N2O4. The molecule has 0 bridgehead atoms. The van der Waals surface area contributed by atoms with Crippen LogP contribution in [0.2, 0.25) is 0 Å². The number of ether oxygens (including phenoxy) is 2. The molecule has 2 aromatic rings. The first-order valence-electron chi connectivity index (χ1n) is 10.4. The van der Waals surface area contributed by atoms with Gasteiger partial charge >= 0.3 is 0 Å². The molecule has 29 heavy (non-hydrogen) atoms. The van der Waals surface area contributed by atoms with E-state index in [0.717, 1.165) is 29.8 Å². The van der Waals surface area contributed by atoms with Gasteiger partial charge in [-0.3, -0.25) is 9.59 Å². The van der Waals surface area contributed by atoms with Crippen molar-refractivity contribution in [3.63, 3.8) is 0 Å². The highest BCUT2D eigenvalue weighted by atomic mass is 16.5. The number of nitrogens with zero attached hydrogens (tertiary/aromatic N) is 2. The van der Waals surface area contributed by atoms with Gasteiger partial charge in [0, 0.05) is 24.2 Å². The van der Waals surface area contributed by atoms with Gasteiger partial charge in [0.25, 0.3) is 5.56 Å². The van der Waals surface area contributed by atoms with Gasteiger partial charge in [0.15, 0.2) is 0 Å². The molecule has 1 saturated heterocycles. The lowest BCUT2D eigenvalue weighted by Gasteiger charge is -2.39. The molecule has 2 heterocycles. The molecule has 1 aromatic heterocycles. The number of hydrogen-bond acceptors (Lipinski definition) is 4. The molecule has 2 aliphatic rings. The van der Waals surface area contributed by atoms with Gasteiger partial charge < -0.3 is 18.9 Å². The number of likely N-dealkylation sites (tertiary alicyclic amines) is 1. The minimum absolute atomic E-state index is 0.00252. The van der Waals surface area contributed by atoms with Crippen molar-refractivity contribution in [2.75, 3.05) is 19.7 Å². The first kappa shape index (κ1) is 19.6. The number of pyridine rings is 1. The Bertz CT molecular complexity index is 942. The van der Waals surface area contributed by atoms with Crippen LogP contribution in [0.3, 0.4) is 0 Å². The van der Waals surface area contributed by atoms with Crippen molar-refractivity contribution in [2.24, 2.45) is 0 Å². The fraction of sp³-hybridized carbons (Fsp3) is 0.478. The summed E-state index contributed by atoms with van der Waals surface area (Å²) in [6, 6.07) is 11.7. The third kappa shape index (κ3) is 4.47. The van der Waals surface area contributed by atoms with Gasteiger partial charge in [-0.2, -0.15) is 0 Å². The Balaban J connectivity index is 1.27. The van der Waals surface area contributed by atoms with Crippen molar-refractivity contribution in [3.8, 4) is 11.5 Å². The molecule has 0 atom stereocenters. The second kappa shape index (κ2) is 8.31. The topological polar surface area (TPSA) is 60.8 Å². The average Bonchev–Trinajstić information content (AvgIpc) is 3.48. The summed E-state index contributed by atoms with van der Waals surface area (Å²) in [6.07, 6.45) is 3.22. The standard InChI is InChI=1S/C23H28N2O4/c1-3-28-21-7-5-4-6-17(21)8-11-22(26)24-14-20(15-24)29-19-12-16(2)25(18-9-10-18)23(27)13-19/h4-7,12-13,18,20H,3,8-11,14-15H2,1-2H3. The quantitative estimate of drug-likeness (QED) is 0.688. The number of benzene rings is 1. The van der Waals surface area contributed by atoms with Gasteiger partial charge in [0.2, 0.25) is 5.91 Å². The highest BCUT2D eigenvalue weighted by Crippen LogP contribution is 2.35. The van der Waals surface area contributed by atoms with Gasteiger partial charge in [-0.15, -0.1) is 0 Å². The van der Waals surface area contributed by atoms with E-state index >= 15 is 0 Å². The number of rotatable bonds is 8. The molecule has 154 valence electrons. The molecule has 1 aromatic carbocycles. The third-order valence-electron chi connectivity index (χ3n) is 5.53. The molecule has 6 heteroatoms. The SMILES string of the molecule is CCOc1ccccc1CCC(=O)N1CC(Oc2cc(C)n(C3CC3)c(=O)c2)C1. The van der Waals surface area contributed by atoms with Crippen LogP contribution < -0.4 is 15.0 Å². The monoisotopic (exact) mass is 396 g/mol. The van der Waals surface area contributed by atoms with E-state index in [-0.39, 0.29) is 17.6 Å². The zero-order valence-corrected chi connectivity index (χ0v) is 17.1. The van der Waals surface area contributed by atoms with Crippen molar-refractivity contribution in [3.05, 3.63) is 58.0 Å². The van der Waals surface area contributed by atoms with Crippen molar-refractivity contribution in [1.29, 1.82) is 0 Å². The Kier molecular flexibility index (Phi) is 5.60. The predicted octanol–water partition coefficient (Wildman–Crippen LogP) is 3.11. The number of carbonyl (C=O) groups excluding carboxylic acids is 1. The minimum Gasteiger partial charge on any atom is -0.494 e. The largest absolute Gasteiger partial charge is 0.494 e. The number of aryl methyl sites for hydroxylation is 2. The van der Waals surface area contributed by atoms with Crippen LogP contribution in [0, 0.1) is 6.92 Å². The van der Waals surface area contributed by atoms with E-state index in [1.807, 2.05) is 53.6 Å². The summed E-state index contributed by atoms with van der Waals surface area (Å²) < 4.78 is 13.4. The first-order chi connectivity index (χ1) is 14.0. The summed E-state index contributed by atoms with van der Waals surface area (Å²) in [5.74, 6) is 1.58. The molecule has 0 spiro atoms. The van der Waals surface area contributed by atoms with Crippen LogP contribution in [0.5, 0.6) is 11.5 Å². The number of hydrogen-bond donors (Lipinski definition) is 0. The second-order valence-electron chi connectivity index (χ2n) is 7.85. The van der Waals surface area contributed by atoms with Crippen LogP contribution in [-0.4, -0.2) is 41.2 Å². The van der Waals surface area contributed by atoms with Crippen molar-refractivity contribution in [1.82, 2.24) is 9.47 Å². The van der Waals surface area contributed by atoms with Crippen LogP contribution in [-0.2, 0) is 11.2 Å². The smallest absolute Gasteiger partial charge is 0.254 e. The first-order valence-corrected chi connectivity index (χ1v) is 10.4. The Morgan fingerprint density at radius 1 is 1.17 bits per heavy atom. The molecule has 6 nitrogen and oxygen atoms in total. The van der Waals surface area contributed by atoms with E-state index in [4.69, 9.17) is 9.47 Å². The lowest BCUT2D eigenvalue weighted by Crippen LogP contribution is -2.56. The lowest BCUT2D eigenvalue weighted by atomic mass is 10.1. The molecule has 4 rings (SSSR count). The molecule has 1 aliphatic carbocycles. The van der Waals surface area contributed by atoms with E-state index in [9.17, 15) is 9.59 Å². The molecule has 1 aliphatic heterocycles. The molecule has 1 amide bonds. The van der Waals surface area contributed by atoms with Crippen LogP contribution in [0.15, 0.2) is 41.2 Å². The predicted molar refractivity (Wildman–Crippen MR) is 111 cm³/mol. The second-order valence-corrected chi connectivity index (χ2v) is 7.85. The van der Waals surface area contributed by atoms with Crippen molar-refractivity contribution < 1.29 is 14.3 Å². The minimum atomic E-state index is -0.0507. The van der Waals surface area contributed by atoms with Crippen LogP contribution in [0.25, 0.3) is 0 Å². The fourth-order valence-electron chi connectivity index (χ4n) is 3.87. The normalized spacial score (nSPS) is 16.4. The highest BCUT2D eigenvalue weighted by molar-refractivity contribution is 5.77. The van der Waals surface area contributed by atoms with Crippen molar-refractivity contribution in [2.45, 2.75) is 51.7 Å². The molecule has 2 fully saturated rings. The number of aromatic nitrogens is 1. The Morgan fingerprint density at radius 2 is 1.93 bits per heavy atom. The Labute approximate surface area is 171 Å². The van der Waals surface area contributed by atoms with Gasteiger partial charge in [-0.05, 0) is 50.8 Å². The van der Waals surface area contributed by atoms with E-state index < -0.39 is 0 Å². The van der Waals surface area contributed by atoms with Crippen LogP contribution in [0.1, 0.15) is 43.5 Å². The van der Waals surface area contributed by atoms with Gasteiger partial charge in [-0.25, -0.2) is 0 Å². The maximum atomic E-state index is 12.5. The maximum absolute atomic E-state index is 12.5. The number of para-hydroxylation sites is 1. The number of carbonyl (C=O) groups is 1. The Hall–Kier alpha value is -2.76. The fourth-order valence-corrected chi connectivity index (χ4v) is 3.87. The maximum Gasteiger partial charge on any atom is 0.254 e. The van der Waals surface area contributed by atoms with Gasteiger partial charge in [0.1, 0.15) is 17.6 Å². The molecule has 0 N–H and O–H groups in total. The summed E-state index contributed by atoms with van der Waals surface area (Å²) in [4.78, 5) is 26.6. The van der Waals surface area contributed by atoms with E-state index in [2.05, 4.69) is 0 Å². The van der Waals surface area contributed by atoms with E-state index in [1.54, 1.807) is 6.07 Å². The summed E-state index contributed by atoms with van der Waals surface area (Å²) in [6.45, 7) is 5.65.